The van der Waals surface area contributed by atoms with Crippen LogP contribution >= 0.6 is 0 Å². The Kier molecular flexibility index (Phi) is 5.72. The third-order valence-electron chi connectivity index (χ3n) is 5.74. The molecule has 1 N–H and O–H groups in total. The Balaban J connectivity index is 1.60. The minimum atomic E-state index is -3.66. The maximum Gasteiger partial charge on any atom is 0.251 e. The van der Waals surface area contributed by atoms with E-state index < -0.39 is 10.0 Å². The van der Waals surface area contributed by atoms with Crippen molar-refractivity contribution >= 4 is 15.9 Å². The van der Waals surface area contributed by atoms with Gasteiger partial charge in [0.1, 0.15) is 0 Å². The lowest BCUT2D eigenvalue weighted by Gasteiger charge is -2.27. The average Bonchev–Trinajstić information content (AvgIpc) is 3.16. The van der Waals surface area contributed by atoms with Gasteiger partial charge in [0.2, 0.25) is 10.0 Å². The second-order valence-electron chi connectivity index (χ2n) is 7.46. The molecule has 154 valence electrons. The van der Waals surface area contributed by atoms with E-state index in [0.29, 0.717) is 38.3 Å². The number of nitrogens with zero attached hydrogens (tertiary/aromatic N) is 1. The molecule has 1 unspecified atom stereocenters. The average molecular weight is 415 g/mol. The van der Waals surface area contributed by atoms with Crippen molar-refractivity contribution < 1.29 is 17.9 Å². The van der Waals surface area contributed by atoms with E-state index in [0.717, 1.165) is 24.0 Å². The highest BCUT2D eigenvalue weighted by Gasteiger charge is 2.30. The molecule has 1 atom stereocenters. The molecule has 0 spiro atoms. The molecule has 1 saturated heterocycles. The van der Waals surface area contributed by atoms with E-state index in [4.69, 9.17) is 4.74 Å². The first-order valence-corrected chi connectivity index (χ1v) is 11.5. The zero-order chi connectivity index (χ0) is 20.4. The molecule has 29 heavy (non-hydrogen) atoms. The Hall–Kier alpha value is -2.22. The third kappa shape index (κ3) is 3.95. The monoisotopic (exact) mass is 414 g/mol. The van der Waals surface area contributed by atoms with Crippen LogP contribution in [0.25, 0.3) is 0 Å². The smallest absolute Gasteiger partial charge is 0.251 e. The molecule has 2 aromatic rings. The highest BCUT2D eigenvalue weighted by molar-refractivity contribution is 7.89. The number of carbonyl (C=O) groups is 1. The van der Waals surface area contributed by atoms with E-state index in [2.05, 4.69) is 11.4 Å². The van der Waals surface area contributed by atoms with E-state index in [-0.39, 0.29) is 16.8 Å². The first-order valence-electron chi connectivity index (χ1n) is 10.1. The molecule has 2 aromatic carbocycles. The minimum Gasteiger partial charge on any atom is -0.379 e. The highest BCUT2D eigenvalue weighted by atomic mass is 32.2. The number of sulfonamides is 1. The van der Waals surface area contributed by atoms with Gasteiger partial charge < -0.3 is 10.1 Å². The summed E-state index contributed by atoms with van der Waals surface area (Å²) in [5.74, 6) is -0.243. The van der Waals surface area contributed by atoms with Crippen LogP contribution in [0.1, 0.15) is 46.4 Å². The van der Waals surface area contributed by atoms with Gasteiger partial charge >= 0.3 is 0 Å². The van der Waals surface area contributed by atoms with Gasteiger partial charge in [-0.3, -0.25) is 4.79 Å². The fourth-order valence-corrected chi connectivity index (χ4v) is 5.83. The molecule has 0 aromatic heterocycles. The van der Waals surface area contributed by atoms with E-state index in [1.807, 2.05) is 25.1 Å². The van der Waals surface area contributed by atoms with Gasteiger partial charge in [0.05, 0.1) is 24.2 Å². The Morgan fingerprint density at radius 2 is 1.93 bits per heavy atom. The number of carbonyl (C=O) groups excluding carboxylic acids is 1. The minimum absolute atomic E-state index is 0.0381. The summed E-state index contributed by atoms with van der Waals surface area (Å²) in [4.78, 5) is 13.1. The number of fused-ring (bicyclic) bond motifs is 1. The van der Waals surface area contributed by atoms with E-state index in [9.17, 15) is 13.2 Å². The van der Waals surface area contributed by atoms with Gasteiger partial charge in [-0.25, -0.2) is 8.42 Å². The Labute approximate surface area is 171 Å². The van der Waals surface area contributed by atoms with Gasteiger partial charge in [-0.15, -0.1) is 0 Å². The summed E-state index contributed by atoms with van der Waals surface area (Å²) in [5.41, 5.74) is 3.50. The molecule has 1 fully saturated rings. The summed E-state index contributed by atoms with van der Waals surface area (Å²) in [6.45, 7) is 3.37. The quantitative estimate of drug-likeness (QED) is 0.816. The first-order chi connectivity index (χ1) is 14.0. The third-order valence-corrected chi connectivity index (χ3v) is 7.72. The molecule has 4 rings (SSSR count). The van der Waals surface area contributed by atoms with Crippen LogP contribution in [0.3, 0.4) is 0 Å². The molecule has 0 radical (unpaired) electrons. The van der Waals surface area contributed by atoms with E-state index in [1.54, 1.807) is 12.1 Å². The van der Waals surface area contributed by atoms with Crippen LogP contribution in [0.5, 0.6) is 0 Å². The molecule has 0 bridgehead atoms. The maximum atomic E-state index is 13.2. The van der Waals surface area contributed by atoms with Crippen LogP contribution in [-0.2, 0) is 27.6 Å². The fraction of sp³-hybridized carbons (Fsp3) is 0.409. The SMILES string of the molecule is CCc1ccc(C(=O)NC2CCc3ccccc32)cc1S(=O)(=O)N1CCOCC1. The summed E-state index contributed by atoms with van der Waals surface area (Å²) in [5, 5.41) is 3.08. The summed E-state index contributed by atoms with van der Waals surface area (Å²) in [6.07, 6.45) is 2.38. The second-order valence-corrected chi connectivity index (χ2v) is 9.36. The molecule has 2 aliphatic rings. The Morgan fingerprint density at radius 3 is 2.69 bits per heavy atom. The van der Waals surface area contributed by atoms with Gasteiger partial charge in [0.15, 0.2) is 0 Å². The van der Waals surface area contributed by atoms with Crippen LogP contribution in [0, 0.1) is 0 Å². The van der Waals surface area contributed by atoms with E-state index >= 15 is 0 Å². The van der Waals surface area contributed by atoms with Crippen LogP contribution < -0.4 is 5.32 Å². The van der Waals surface area contributed by atoms with Crippen molar-refractivity contribution in [2.24, 2.45) is 0 Å². The lowest BCUT2D eigenvalue weighted by molar-refractivity contribution is 0.0730. The molecule has 1 aliphatic heterocycles. The largest absolute Gasteiger partial charge is 0.379 e. The van der Waals surface area contributed by atoms with Gasteiger partial charge in [0.25, 0.3) is 5.91 Å². The van der Waals surface area contributed by atoms with Gasteiger partial charge in [-0.2, -0.15) is 4.31 Å². The molecule has 7 heteroatoms. The van der Waals surface area contributed by atoms with Crippen molar-refractivity contribution in [3.8, 4) is 0 Å². The van der Waals surface area contributed by atoms with Crippen LogP contribution in [0.2, 0.25) is 0 Å². The lowest BCUT2D eigenvalue weighted by atomic mass is 10.1. The lowest BCUT2D eigenvalue weighted by Crippen LogP contribution is -2.41. The fourth-order valence-electron chi connectivity index (χ4n) is 4.10. The molecule has 1 heterocycles. The normalized spacial score (nSPS) is 19.7. The number of hydrogen-bond donors (Lipinski definition) is 1. The van der Waals surface area contributed by atoms with Gasteiger partial charge in [-0.05, 0) is 48.1 Å². The molecule has 1 amide bonds. The topological polar surface area (TPSA) is 75.7 Å². The Morgan fingerprint density at radius 1 is 1.17 bits per heavy atom. The van der Waals surface area contributed by atoms with E-state index in [1.165, 1.54) is 15.9 Å². The van der Waals surface area contributed by atoms with Gasteiger partial charge in [0, 0.05) is 18.7 Å². The molecule has 6 nitrogen and oxygen atoms in total. The second kappa shape index (κ2) is 8.26. The predicted molar refractivity (Wildman–Crippen MR) is 110 cm³/mol. The van der Waals surface area contributed by atoms with Gasteiger partial charge in [-0.1, -0.05) is 37.3 Å². The molecule has 1 aliphatic carbocycles. The standard InChI is InChI=1S/C22H26N2O4S/c1-2-16-7-8-18(15-21(16)29(26,27)24-11-13-28-14-12-24)22(25)23-20-10-9-17-5-3-4-6-19(17)20/h3-8,15,20H,2,9-14H2,1H3,(H,23,25). The summed E-state index contributed by atoms with van der Waals surface area (Å²) in [7, 11) is -3.66. The Bertz CT molecular complexity index is 1010. The molecule has 0 saturated carbocycles. The van der Waals surface area contributed by atoms with Crippen molar-refractivity contribution in [2.45, 2.75) is 37.1 Å². The number of rotatable bonds is 5. The maximum absolute atomic E-state index is 13.2. The summed E-state index contributed by atoms with van der Waals surface area (Å²) in [6, 6.07) is 13.1. The summed E-state index contributed by atoms with van der Waals surface area (Å²) >= 11 is 0. The molecular formula is C22H26N2O4S. The van der Waals surface area contributed by atoms with Crippen molar-refractivity contribution in [1.29, 1.82) is 0 Å². The number of nitrogens with one attached hydrogen (secondary N) is 1. The number of aryl methyl sites for hydroxylation is 2. The number of ether oxygens (including phenoxy) is 1. The van der Waals surface area contributed by atoms with Crippen LogP contribution in [0.15, 0.2) is 47.4 Å². The first kappa shape index (κ1) is 20.1. The van der Waals surface area contributed by atoms with Crippen molar-refractivity contribution in [1.82, 2.24) is 9.62 Å². The van der Waals surface area contributed by atoms with Crippen LogP contribution in [-0.4, -0.2) is 44.9 Å². The number of amides is 1. The van der Waals surface area contributed by atoms with Crippen molar-refractivity contribution in [3.05, 3.63) is 64.7 Å². The summed E-state index contributed by atoms with van der Waals surface area (Å²) < 4.78 is 33.1. The van der Waals surface area contributed by atoms with Crippen molar-refractivity contribution in [3.63, 3.8) is 0 Å². The number of morpholine rings is 1. The van der Waals surface area contributed by atoms with Crippen molar-refractivity contribution in [2.75, 3.05) is 26.3 Å². The zero-order valence-electron chi connectivity index (χ0n) is 16.6. The van der Waals surface area contributed by atoms with Crippen LogP contribution in [0.4, 0.5) is 0 Å². The highest BCUT2D eigenvalue weighted by Crippen LogP contribution is 2.31. The zero-order valence-corrected chi connectivity index (χ0v) is 17.4. The number of benzene rings is 2. The molecular weight excluding hydrogens is 388 g/mol. The number of hydrogen-bond acceptors (Lipinski definition) is 4. The predicted octanol–water partition coefficient (Wildman–Crippen LogP) is 2.69.